The predicted octanol–water partition coefficient (Wildman–Crippen LogP) is 2.80. The van der Waals surface area contributed by atoms with Crippen LogP contribution in [-0.2, 0) is 11.8 Å². The van der Waals surface area contributed by atoms with E-state index in [-0.39, 0.29) is 5.82 Å². The number of rotatable bonds is 0. The van der Waals surface area contributed by atoms with E-state index in [0.29, 0.717) is 5.41 Å². The van der Waals surface area contributed by atoms with E-state index >= 15 is 0 Å². The van der Waals surface area contributed by atoms with Gasteiger partial charge in [0, 0.05) is 0 Å². The summed E-state index contributed by atoms with van der Waals surface area (Å²) in [6, 6.07) is 5.54. The fraction of sp³-hybridized carbons (Fsp3) is 0.455. The van der Waals surface area contributed by atoms with Gasteiger partial charge >= 0.3 is 0 Å². The number of fused-ring (bicyclic) bond motifs is 2. The van der Waals surface area contributed by atoms with Crippen LogP contribution in [0.25, 0.3) is 0 Å². The van der Waals surface area contributed by atoms with Crippen LogP contribution in [0, 0.1) is 5.82 Å². The average molecular weight is 162 g/mol. The highest BCUT2D eigenvalue weighted by Gasteiger charge is 2.48. The Morgan fingerprint density at radius 2 is 2.00 bits per heavy atom. The number of halogens is 1. The summed E-state index contributed by atoms with van der Waals surface area (Å²) in [7, 11) is 0. The molecule has 0 saturated heterocycles. The van der Waals surface area contributed by atoms with Gasteiger partial charge in [0.1, 0.15) is 5.82 Å². The van der Waals surface area contributed by atoms with E-state index in [1.54, 1.807) is 6.07 Å². The third-order valence-electron chi connectivity index (χ3n) is 3.40. The average Bonchev–Trinajstić information content (AvgIpc) is 2.73. The molecular weight excluding hydrogens is 151 g/mol. The second-order valence-corrected chi connectivity index (χ2v) is 4.05. The maximum atomic E-state index is 13.3. The molecule has 0 atom stereocenters. The van der Waals surface area contributed by atoms with Gasteiger partial charge in [-0.25, -0.2) is 4.39 Å². The van der Waals surface area contributed by atoms with Gasteiger partial charge in [-0.1, -0.05) is 12.1 Å². The van der Waals surface area contributed by atoms with Gasteiger partial charge in [-0.15, -0.1) is 0 Å². The summed E-state index contributed by atoms with van der Waals surface area (Å²) in [6.45, 7) is 0. The molecule has 0 nitrogen and oxygen atoms in total. The second kappa shape index (κ2) is 1.90. The van der Waals surface area contributed by atoms with Crippen LogP contribution in [0.15, 0.2) is 18.2 Å². The quantitative estimate of drug-likeness (QED) is 0.550. The molecule has 0 amide bonds. The zero-order chi connectivity index (χ0) is 8.18. The van der Waals surface area contributed by atoms with E-state index in [1.165, 1.54) is 24.8 Å². The Bertz CT molecular complexity index is 337. The van der Waals surface area contributed by atoms with Gasteiger partial charge in [0.05, 0.1) is 0 Å². The largest absolute Gasteiger partial charge is 0.207 e. The highest BCUT2D eigenvalue weighted by Crippen LogP contribution is 2.56. The van der Waals surface area contributed by atoms with Crippen molar-refractivity contribution in [2.75, 3.05) is 0 Å². The molecule has 0 aromatic heterocycles. The minimum atomic E-state index is 0.0104. The fourth-order valence-corrected chi connectivity index (χ4v) is 2.48. The van der Waals surface area contributed by atoms with Gasteiger partial charge in [0.25, 0.3) is 0 Å². The molecule has 1 spiro atoms. The maximum Gasteiger partial charge on any atom is 0.126 e. The molecule has 0 unspecified atom stereocenters. The summed E-state index contributed by atoms with van der Waals surface area (Å²) in [6.07, 6.45) is 4.71. The van der Waals surface area contributed by atoms with Gasteiger partial charge in [-0.3, -0.25) is 0 Å². The fourth-order valence-electron chi connectivity index (χ4n) is 2.48. The maximum absolute atomic E-state index is 13.3. The molecule has 12 heavy (non-hydrogen) atoms. The first kappa shape index (κ1) is 6.64. The highest BCUT2D eigenvalue weighted by atomic mass is 19.1. The smallest absolute Gasteiger partial charge is 0.126 e. The number of hydrogen-bond acceptors (Lipinski definition) is 0. The number of hydrogen-bond donors (Lipinski definition) is 0. The first-order valence-corrected chi connectivity index (χ1v) is 4.60. The zero-order valence-electron chi connectivity index (χ0n) is 6.94. The van der Waals surface area contributed by atoms with Crippen LogP contribution < -0.4 is 0 Å². The molecule has 0 N–H and O–H groups in total. The second-order valence-electron chi connectivity index (χ2n) is 4.05. The Labute approximate surface area is 71.4 Å². The van der Waals surface area contributed by atoms with E-state index in [9.17, 15) is 4.39 Å². The Balaban J connectivity index is 2.23. The van der Waals surface area contributed by atoms with Crippen molar-refractivity contribution >= 4 is 0 Å². The Morgan fingerprint density at radius 1 is 1.17 bits per heavy atom. The van der Waals surface area contributed by atoms with E-state index in [0.717, 1.165) is 12.0 Å². The predicted molar refractivity (Wildman–Crippen MR) is 45.6 cm³/mol. The molecule has 1 aromatic carbocycles. The molecule has 1 fully saturated rings. The Kier molecular flexibility index (Phi) is 1.05. The molecule has 1 aromatic rings. The van der Waals surface area contributed by atoms with Crippen molar-refractivity contribution in [1.82, 2.24) is 0 Å². The molecular formula is C11H11F. The van der Waals surface area contributed by atoms with E-state index in [1.807, 2.05) is 6.07 Å². The minimum absolute atomic E-state index is 0.0104. The molecule has 3 rings (SSSR count). The van der Waals surface area contributed by atoms with Crippen LogP contribution in [-0.4, -0.2) is 0 Å². The lowest BCUT2D eigenvalue weighted by molar-refractivity contribution is 0.612. The first-order valence-electron chi connectivity index (χ1n) is 4.60. The van der Waals surface area contributed by atoms with Crippen LogP contribution in [0.4, 0.5) is 4.39 Å². The molecule has 0 radical (unpaired) electrons. The molecule has 0 aliphatic heterocycles. The zero-order valence-corrected chi connectivity index (χ0v) is 6.94. The normalized spacial score (nSPS) is 22.8. The van der Waals surface area contributed by atoms with E-state index in [2.05, 4.69) is 6.07 Å². The van der Waals surface area contributed by atoms with Crippen molar-refractivity contribution in [3.63, 3.8) is 0 Å². The van der Waals surface area contributed by atoms with Gasteiger partial charge in [0.15, 0.2) is 0 Å². The molecule has 2 aliphatic rings. The van der Waals surface area contributed by atoms with Crippen molar-refractivity contribution < 1.29 is 4.39 Å². The van der Waals surface area contributed by atoms with Crippen molar-refractivity contribution in [3.8, 4) is 0 Å². The summed E-state index contributed by atoms with van der Waals surface area (Å²) in [5, 5.41) is 0. The van der Waals surface area contributed by atoms with Crippen molar-refractivity contribution in [2.24, 2.45) is 0 Å². The third-order valence-corrected chi connectivity index (χ3v) is 3.40. The summed E-state index contributed by atoms with van der Waals surface area (Å²) in [5.74, 6) is 0.0104. The summed E-state index contributed by atoms with van der Waals surface area (Å²) in [5.41, 5.74) is 2.73. The standard InChI is InChI=1S/C11H11F/c12-10-3-1-2-9-8(10)4-5-11(9)6-7-11/h1-3H,4-7H2. The monoisotopic (exact) mass is 162 g/mol. The van der Waals surface area contributed by atoms with Crippen molar-refractivity contribution in [1.29, 1.82) is 0 Å². The van der Waals surface area contributed by atoms with Gasteiger partial charge in [0.2, 0.25) is 0 Å². The molecule has 2 aliphatic carbocycles. The molecule has 1 saturated carbocycles. The lowest BCUT2D eigenvalue weighted by Gasteiger charge is -2.06. The number of benzene rings is 1. The third kappa shape index (κ3) is 0.669. The molecule has 62 valence electrons. The van der Waals surface area contributed by atoms with Gasteiger partial charge in [-0.05, 0) is 48.3 Å². The summed E-state index contributed by atoms with van der Waals surface area (Å²) < 4.78 is 13.3. The van der Waals surface area contributed by atoms with Crippen LogP contribution in [0.3, 0.4) is 0 Å². The Morgan fingerprint density at radius 3 is 2.75 bits per heavy atom. The van der Waals surface area contributed by atoms with E-state index < -0.39 is 0 Å². The van der Waals surface area contributed by atoms with E-state index in [4.69, 9.17) is 0 Å². The first-order chi connectivity index (χ1) is 5.82. The topological polar surface area (TPSA) is 0 Å². The SMILES string of the molecule is Fc1cccc2c1CCC21CC1. The van der Waals surface area contributed by atoms with Crippen LogP contribution >= 0.6 is 0 Å². The molecule has 0 bridgehead atoms. The minimum Gasteiger partial charge on any atom is -0.207 e. The van der Waals surface area contributed by atoms with Crippen molar-refractivity contribution in [3.05, 3.63) is 35.1 Å². The van der Waals surface area contributed by atoms with Gasteiger partial charge < -0.3 is 0 Å². The summed E-state index contributed by atoms with van der Waals surface area (Å²) >= 11 is 0. The highest BCUT2D eigenvalue weighted by molar-refractivity contribution is 5.43. The lowest BCUT2D eigenvalue weighted by Crippen LogP contribution is -1.99. The van der Waals surface area contributed by atoms with Crippen LogP contribution in [0.1, 0.15) is 30.4 Å². The summed E-state index contributed by atoms with van der Waals surface area (Å²) in [4.78, 5) is 0. The van der Waals surface area contributed by atoms with Crippen LogP contribution in [0.5, 0.6) is 0 Å². The van der Waals surface area contributed by atoms with Crippen molar-refractivity contribution in [2.45, 2.75) is 31.1 Å². The van der Waals surface area contributed by atoms with Gasteiger partial charge in [-0.2, -0.15) is 0 Å². The lowest BCUT2D eigenvalue weighted by atomic mass is 9.99. The van der Waals surface area contributed by atoms with Crippen LogP contribution in [0.2, 0.25) is 0 Å². The molecule has 1 heteroatoms. The molecule has 0 heterocycles. The Hall–Kier alpha value is -0.850.